The van der Waals surface area contributed by atoms with Crippen LogP contribution in [0.3, 0.4) is 0 Å². The van der Waals surface area contributed by atoms with E-state index in [-0.39, 0.29) is 6.61 Å². The molecule has 2 heteroatoms. The number of aliphatic hydroxyl groups excluding tert-OH is 1. The van der Waals surface area contributed by atoms with E-state index in [9.17, 15) is 0 Å². The van der Waals surface area contributed by atoms with Gasteiger partial charge in [0.1, 0.15) is 0 Å². The minimum atomic E-state index is 0.126. The van der Waals surface area contributed by atoms with Crippen LogP contribution in [0.5, 0.6) is 0 Å². The Labute approximate surface area is 85.0 Å². The predicted octanol–water partition coefficient (Wildman–Crippen LogP) is 1.14. The average Bonchev–Trinajstić information content (AvgIpc) is 2.21. The summed E-state index contributed by atoms with van der Waals surface area (Å²) >= 11 is 0. The van der Waals surface area contributed by atoms with Crippen molar-refractivity contribution in [3.8, 4) is 11.8 Å². The summed E-state index contributed by atoms with van der Waals surface area (Å²) in [6, 6.07) is 8.03. The van der Waals surface area contributed by atoms with E-state index in [4.69, 9.17) is 5.11 Å². The number of rotatable bonds is 3. The minimum Gasteiger partial charge on any atom is -0.395 e. The van der Waals surface area contributed by atoms with Crippen molar-refractivity contribution < 1.29 is 5.11 Å². The predicted molar refractivity (Wildman–Crippen MR) is 57.8 cm³/mol. The fourth-order valence-electron chi connectivity index (χ4n) is 1.20. The Balaban J connectivity index is 2.80. The molecule has 0 unspecified atom stereocenters. The zero-order chi connectivity index (χ0) is 10.2. The number of nitrogens with one attached hydrogen (secondary N) is 1. The van der Waals surface area contributed by atoms with Crippen LogP contribution in [0, 0.1) is 11.8 Å². The Morgan fingerprint density at radius 1 is 1.36 bits per heavy atom. The third-order valence-corrected chi connectivity index (χ3v) is 1.84. The largest absolute Gasteiger partial charge is 0.395 e. The van der Waals surface area contributed by atoms with Gasteiger partial charge in [-0.3, -0.25) is 0 Å². The first-order valence-electron chi connectivity index (χ1n) is 4.70. The molecule has 1 aromatic rings. The molecule has 0 aromatic heterocycles. The van der Waals surface area contributed by atoms with Crippen LogP contribution in [0.25, 0.3) is 0 Å². The highest BCUT2D eigenvalue weighted by Gasteiger charge is 1.95. The Morgan fingerprint density at radius 3 is 2.86 bits per heavy atom. The fraction of sp³-hybridized carbons (Fsp3) is 0.333. The van der Waals surface area contributed by atoms with Crippen molar-refractivity contribution in [3.05, 3.63) is 35.4 Å². The summed E-state index contributed by atoms with van der Waals surface area (Å²) in [5.41, 5.74) is 2.23. The lowest BCUT2D eigenvalue weighted by Gasteiger charge is -2.02. The summed E-state index contributed by atoms with van der Waals surface area (Å²) in [6.07, 6.45) is 0.536. The molecular formula is C12H15NO. The third kappa shape index (κ3) is 3.21. The Morgan fingerprint density at radius 2 is 2.14 bits per heavy atom. The Bertz CT molecular complexity index is 336. The first-order chi connectivity index (χ1) is 6.88. The first-order valence-corrected chi connectivity index (χ1v) is 4.70. The molecule has 2 N–H and O–H groups in total. The van der Waals surface area contributed by atoms with Crippen LogP contribution < -0.4 is 5.32 Å². The van der Waals surface area contributed by atoms with Crippen LogP contribution in [0.15, 0.2) is 24.3 Å². The molecule has 0 atom stereocenters. The molecule has 1 rings (SSSR count). The summed E-state index contributed by atoms with van der Waals surface area (Å²) in [5.74, 6) is 5.97. The second kappa shape index (κ2) is 6.20. The highest BCUT2D eigenvalue weighted by molar-refractivity contribution is 5.41. The van der Waals surface area contributed by atoms with Gasteiger partial charge in [-0.15, -0.1) is 0 Å². The van der Waals surface area contributed by atoms with Gasteiger partial charge in [0.2, 0.25) is 0 Å². The molecule has 0 fully saturated rings. The van der Waals surface area contributed by atoms with Gasteiger partial charge < -0.3 is 10.4 Å². The maximum Gasteiger partial charge on any atom is 0.0540 e. The molecule has 0 bridgehead atoms. The maximum absolute atomic E-state index is 8.60. The maximum atomic E-state index is 8.60. The minimum absolute atomic E-state index is 0.126. The Hall–Kier alpha value is -1.30. The molecule has 74 valence electrons. The molecule has 0 aliphatic rings. The molecule has 0 aliphatic carbocycles. The summed E-state index contributed by atoms with van der Waals surface area (Å²) in [4.78, 5) is 0. The van der Waals surface area contributed by atoms with Crippen LogP contribution in [0.2, 0.25) is 0 Å². The monoisotopic (exact) mass is 189 g/mol. The molecule has 1 aromatic carbocycles. The van der Waals surface area contributed by atoms with Gasteiger partial charge in [0.05, 0.1) is 6.61 Å². The lowest BCUT2D eigenvalue weighted by molar-refractivity contribution is 0.305. The topological polar surface area (TPSA) is 32.3 Å². The zero-order valence-corrected chi connectivity index (χ0v) is 8.38. The van der Waals surface area contributed by atoms with E-state index < -0.39 is 0 Å². The molecule has 0 aliphatic heterocycles. The number of hydrogen-bond acceptors (Lipinski definition) is 2. The SMILES string of the molecule is CNCc1ccccc1C#CCCO. The van der Waals surface area contributed by atoms with E-state index in [1.165, 1.54) is 5.56 Å². The summed E-state index contributed by atoms with van der Waals surface area (Å²) in [7, 11) is 1.91. The van der Waals surface area contributed by atoms with Crippen LogP contribution in [-0.4, -0.2) is 18.8 Å². The van der Waals surface area contributed by atoms with Crippen molar-refractivity contribution in [2.24, 2.45) is 0 Å². The van der Waals surface area contributed by atoms with Gasteiger partial charge in [0, 0.05) is 18.5 Å². The Kier molecular flexibility index (Phi) is 4.77. The van der Waals surface area contributed by atoms with Crippen molar-refractivity contribution in [1.29, 1.82) is 0 Å². The second-order valence-electron chi connectivity index (χ2n) is 2.96. The van der Waals surface area contributed by atoms with Crippen LogP contribution in [-0.2, 0) is 6.54 Å². The molecule has 0 amide bonds. The fourth-order valence-corrected chi connectivity index (χ4v) is 1.20. The van der Waals surface area contributed by atoms with Gasteiger partial charge in [0.15, 0.2) is 0 Å². The van der Waals surface area contributed by atoms with Gasteiger partial charge >= 0.3 is 0 Å². The molecule has 0 spiro atoms. The lowest BCUT2D eigenvalue weighted by Crippen LogP contribution is -2.06. The highest BCUT2D eigenvalue weighted by atomic mass is 16.2. The van der Waals surface area contributed by atoms with Crippen molar-refractivity contribution in [1.82, 2.24) is 5.32 Å². The van der Waals surface area contributed by atoms with Gasteiger partial charge in [0.25, 0.3) is 0 Å². The molecule has 2 nitrogen and oxygen atoms in total. The summed E-state index contributed by atoms with van der Waals surface area (Å²) in [5, 5.41) is 11.7. The van der Waals surface area contributed by atoms with E-state index in [1.54, 1.807) is 0 Å². The smallest absolute Gasteiger partial charge is 0.0540 e. The zero-order valence-electron chi connectivity index (χ0n) is 8.38. The lowest BCUT2D eigenvalue weighted by atomic mass is 10.1. The van der Waals surface area contributed by atoms with E-state index in [0.29, 0.717) is 6.42 Å². The van der Waals surface area contributed by atoms with Crippen LogP contribution in [0.4, 0.5) is 0 Å². The second-order valence-corrected chi connectivity index (χ2v) is 2.96. The quantitative estimate of drug-likeness (QED) is 0.699. The van der Waals surface area contributed by atoms with Crippen molar-refractivity contribution in [3.63, 3.8) is 0 Å². The van der Waals surface area contributed by atoms with Gasteiger partial charge in [-0.05, 0) is 18.7 Å². The summed E-state index contributed by atoms with van der Waals surface area (Å²) < 4.78 is 0. The standard InChI is InChI=1S/C12H15NO/c1-13-10-12-8-3-2-6-11(12)7-4-5-9-14/h2-3,6,8,13-14H,5,9-10H2,1H3. The van der Waals surface area contributed by atoms with Crippen molar-refractivity contribution in [2.45, 2.75) is 13.0 Å². The van der Waals surface area contributed by atoms with Crippen molar-refractivity contribution in [2.75, 3.05) is 13.7 Å². The molecule has 14 heavy (non-hydrogen) atoms. The number of aliphatic hydroxyl groups is 1. The van der Waals surface area contributed by atoms with E-state index in [1.807, 2.05) is 25.2 Å². The molecular weight excluding hydrogens is 174 g/mol. The molecule has 0 saturated carbocycles. The molecule has 0 heterocycles. The van der Waals surface area contributed by atoms with Crippen molar-refractivity contribution >= 4 is 0 Å². The van der Waals surface area contributed by atoms with Gasteiger partial charge in [-0.1, -0.05) is 30.0 Å². The normalized spacial score (nSPS) is 9.29. The molecule has 0 radical (unpaired) electrons. The number of benzene rings is 1. The van der Waals surface area contributed by atoms with E-state index in [0.717, 1.165) is 12.1 Å². The highest BCUT2D eigenvalue weighted by Crippen LogP contribution is 2.06. The van der Waals surface area contributed by atoms with Gasteiger partial charge in [-0.25, -0.2) is 0 Å². The third-order valence-electron chi connectivity index (χ3n) is 1.84. The van der Waals surface area contributed by atoms with Crippen LogP contribution in [0.1, 0.15) is 17.5 Å². The molecule has 0 saturated heterocycles. The van der Waals surface area contributed by atoms with Crippen LogP contribution >= 0.6 is 0 Å². The van der Waals surface area contributed by atoms with E-state index in [2.05, 4.69) is 23.2 Å². The number of hydrogen-bond donors (Lipinski definition) is 2. The first kappa shape index (κ1) is 10.8. The van der Waals surface area contributed by atoms with Gasteiger partial charge in [-0.2, -0.15) is 0 Å². The summed E-state index contributed by atoms with van der Waals surface area (Å²) in [6.45, 7) is 0.950. The van der Waals surface area contributed by atoms with E-state index >= 15 is 0 Å². The average molecular weight is 189 g/mol.